The van der Waals surface area contributed by atoms with E-state index in [-0.39, 0.29) is 5.97 Å². The minimum Gasteiger partial charge on any atom is -0.466 e. The fraction of sp³-hybridized carbons (Fsp3) is 0.923. The second kappa shape index (κ2) is 13.5. The molecular formula is C13H26O4. The molecule has 0 fully saturated rings. The third-order valence-electron chi connectivity index (χ3n) is 2.26. The predicted octanol–water partition coefficient (Wildman–Crippen LogP) is 2.55. The lowest BCUT2D eigenvalue weighted by Gasteiger charge is -2.05. The Morgan fingerprint density at radius 2 is 1.65 bits per heavy atom. The van der Waals surface area contributed by atoms with Gasteiger partial charge in [0.1, 0.15) is 0 Å². The van der Waals surface area contributed by atoms with Crippen LogP contribution < -0.4 is 0 Å². The largest absolute Gasteiger partial charge is 0.466 e. The summed E-state index contributed by atoms with van der Waals surface area (Å²) in [5.74, 6) is -0.116. The smallest absolute Gasteiger partial charge is 0.305 e. The third kappa shape index (κ3) is 13.3. The van der Waals surface area contributed by atoms with E-state index in [0.29, 0.717) is 39.5 Å². The monoisotopic (exact) mass is 246 g/mol. The lowest BCUT2D eigenvalue weighted by Crippen LogP contribution is -2.09. The number of ether oxygens (including phenoxy) is 3. The number of hydrogen-bond donors (Lipinski definition) is 0. The summed E-state index contributed by atoms with van der Waals surface area (Å²) in [7, 11) is 0. The highest BCUT2D eigenvalue weighted by molar-refractivity contribution is 5.69. The van der Waals surface area contributed by atoms with E-state index in [1.165, 1.54) is 0 Å². The van der Waals surface area contributed by atoms with Crippen molar-refractivity contribution in [1.82, 2.24) is 0 Å². The van der Waals surface area contributed by atoms with E-state index >= 15 is 0 Å². The van der Waals surface area contributed by atoms with E-state index in [1.807, 2.05) is 6.92 Å². The molecule has 0 atom stereocenters. The average molecular weight is 246 g/mol. The molecule has 0 amide bonds. The van der Waals surface area contributed by atoms with Gasteiger partial charge in [0.2, 0.25) is 0 Å². The van der Waals surface area contributed by atoms with Crippen molar-refractivity contribution in [2.24, 2.45) is 0 Å². The number of unbranched alkanes of at least 4 members (excludes halogenated alkanes) is 2. The first-order valence-electron chi connectivity index (χ1n) is 6.62. The van der Waals surface area contributed by atoms with Crippen LogP contribution in [-0.4, -0.2) is 39.0 Å². The molecule has 0 rings (SSSR count). The van der Waals surface area contributed by atoms with Crippen molar-refractivity contribution >= 4 is 5.97 Å². The van der Waals surface area contributed by atoms with Gasteiger partial charge in [-0.3, -0.25) is 4.79 Å². The number of hydrogen-bond acceptors (Lipinski definition) is 4. The van der Waals surface area contributed by atoms with E-state index in [9.17, 15) is 4.79 Å². The first-order chi connectivity index (χ1) is 8.31. The van der Waals surface area contributed by atoms with Crippen molar-refractivity contribution in [2.75, 3.05) is 33.0 Å². The van der Waals surface area contributed by atoms with E-state index in [4.69, 9.17) is 14.2 Å². The Labute approximate surface area is 105 Å². The SMILES string of the molecule is CCCCCOC(=O)CCCOCCOCC. The van der Waals surface area contributed by atoms with Gasteiger partial charge in [-0.25, -0.2) is 0 Å². The number of rotatable bonds is 12. The van der Waals surface area contributed by atoms with Crippen molar-refractivity contribution < 1.29 is 19.0 Å². The molecule has 0 aliphatic carbocycles. The number of esters is 1. The minimum atomic E-state index is -0.116. The lowest BCUT2D eigenvalue weighted by molar-refractivity contribution is -0.144. The predicted molar refractivity (Wildman–Crippen MR) is 67.0 cm³/mol. The standard InChI is InChI=1S/C13H26O4/c1-3-5-6-10-17-13(14)8-7-9-16-12-11-15-4-2/h3-12H2,1-2H3. The van der Waals surface area contributed by atoms with Gasteiger partial charge >= 0.3 is 5.97 Å². The fourth-order valence-electron chi connectivity index (χ4n) is 1.29. The summed E-state index contributed by atoms with van der Waals surface area (Å²) in [5.41, 5.74) is 0. The average Bonchev–Trinajstić information content (AvgIpc) is 2.33. The van der Waals surface area contributed by atoms with Gasteiger partial charge in [0.15, 0.2) is 0 Å². The molecule has 0 aromatic carbocycles. The zero-order valence-electron chi connectivity index (χ0n) is 11.2. The van der Waals surface area contributed by atoms with Gasteiger partial charge in [-0.2, -0.15) is 0 Å². The van der Waals surface area contributed by atoms with Crippen molar-refractivity contribution in [3.05, 3.63) is 0 Å². The van der Waals surface area contributed by atoms with Crippen LogP contribution in [0.1, 0.15) is 46.0 Å². The maximum absolute atomic E-state index is 11.2. The maximum Gasteiger partial charge on any atom is 0.305 e. The van der Waals surface area contributed by atoms with Crippen LogP contribution in [0.3, 0.4) is 0 Å². The van der Waals surface area contributed by atoms with Gasteiger partial charge in [0.05, 0.1) is 19.8 Å². The van der Waals surface area contributed by atoms with Gasteiger partial charge in [-0.05, 0) is 19.8 Å². The molecule has 17 heavy (non-hydrogen) atoms. The summed E-state index contributed by atoms with van der Waals surface area (Å²) >= 11 is 0. The molecule has 0 radical (unpaired) electrons. The highest BCUT2D eigenvalue weighted by atomic mass is 16.5. The number of carbonyl (C=O) groups is 1. The normalized spacial score (nSPS) is 10.5. The third-order valence-corrected chi connectivity index (χ3v) is 2.26. The molecule has 0 N–H and O–H groups in total. The molecule has 0 saturated heterocycles. The molecule has 0 saturated carbocycles. The quantitative estimate of drug-likeness (QED) is 0.392. The van der Waals surface area contributed by atoms with Crippen LogP contribution in [0.2, 0.25) is 0 Å². The zero-order valence-corrected chi connectivity index (χ0v) is 11.2. The summed E-state index contributed by atoms with van der Waals surface area (Å²) < 4.78 is 15.5. The minimum absolute atomic E-state index is 0.116. The molecule has 4 nitrogen and oxygen atoms in total. The van der Waals surface area contributed by atoms with Crippen LogP contribution in [0, 0.1) is 0 Å². The molecule has 0 aliphatic heterocycles. The van der Waals surface area contributed by atoms with Crippen molar-refractivity contribution in [1.29, 1.82) is 0 Å². The molecule has 0 aromatic heterocycles. The summed E-state index contributed by atoms with van der Waals surface area (Å²) in [6.07, 6.45) is 4.39. The lowest BCUT2D eigenvalue weighted by atomic mass is 10.3. The topological polar surface area (TPSA) is 44.8 Å². The van der Waals surface area contributed by atoms with Crippen molar-refractivity contribution in [2.45, 2.75) is 46.0 Å². The Balaban J connectivity index is 3.11. The first-order valence-corrected chi connectivity index (χ1v) is 6.62. The summed E-state index contributed by atoms with van der Waals surface area (Å²) in [6, 6.07) is 0. The Kier molecular flexibility index (Phi) is 13.0. The Hall–Kier alpha value is -0.610. The molecule has 0 aromatic rings. The fourth-order valence-corrected chi connectivity index (χ4v) is 1.29. The summed E-state index contributed by atoms with van der Waals surface area (Å²) in [5, 5.41) is 0. The highest BCUT2D eigenvalue weighted by Crippen LogP contribution is 1.98. The van der Waals surface area contributed by atoms with Gasteiger partial charge in [0.25, 0.3) is 0 Å². The van der Waals surface area contributed by atoms with Crippen LogP contribution in [0.15, 0.2) is 0 Å². The van der Waals surface area contributed by atoms with E-state index in [2.05, 4.69) is 6.92 Å². The van der Waals surface area contributed by atoms with E-state index in [1.54, 1.807) is 0 Å². The van der Waals surface area contributed by atoms with Crippen LogP contribution in [0.5, 0.6) is 0 Å². The van der Waals surface area contributed by atoms with Crippen LogP contribution in [-0.2, 0) is 19.0 Å². The molecular weight excluding hydrogens is 220 g/mol. The molecule has 102 valence electrons. The van der Waals surface area contributed by atoms with Gasteiger partial charge in [-0.15, -0.1) is 0 Å². The van der Waals surface area contributed by atoms with Gasteiger partial charge in [0, 0.05) is 19.6 Å². The molecule has 0 heterocycles. The Morgan fingerprint density at radius 3 is 2.35 bits per heavy atom. The molecule has 0 bridgehead atoms. The Bertz CT molecular complexity index is 171. The maximum atomic E-state index is 11.2. The van der Waals surface area contributed by atoms with Crippen molar-refractivity contribution in [3.63, 3.8) is 0 Å². The second-order valence-electron chi connectivity index (χ2n) is 3.84. The van der Waals surface area contributed by atoms with Gasteiger partial charge in [-0.1, -0.05) is 19.8 Å². The molecule has 4 heteroatoms. The van der Waals surface area contributed by atoms with Crippen LogP contribution in [0.25, 0.3) is 0 Å². The van der Waals surface area contributed by atoms with Crippen LogP contribution in [0.4, 0.5) is 0 Å². The molecule has 0 unspecified atom stereocenters. The van der Waals surface area contributed by atoms with Gasteiger partial charge < -0.3 is 14.2 Å². The van der Waals surface area contributed by atoms with E-state index in [0.717, 1.165) is 25.7 Å². The Morgan fingerprint density at radius 1 is 0.882 bits per heavy atom. The zero-order chi connectivity index (χ0) is 12.8. The highest BCUT2D eigenvalue weighted by Gasteiger charge is 2.01. The second-order valence-corrected chi connectivity index (χ2v) is 3.84. The van der Waals surface area contributed by atoms with E-state index < -0.39 is 0 Å². The number of carbonyl (C=O) groups excluding carboxylic acids is 1. The molecule has 0 spiro atoms. The summed E-state index contributed by atoms with van der Waals surface area (Å²) in [6.45, 7) is 7.16. The summed E-state index contributed by atoms with van der Waals surface area (Å²) in [4.78, 5) is 11.2. The first kappa shape index (κ1) is 16.4. The van der Waals surface area contributed by atoms with Crippen molar-refractivity contribution in [3.8, 4) is 0 Å². The van der Waals surface area contributed by atoms with Crippen LogP contribution >= 0.6 is 0 Å². The molecule has 0 aliphatic rings.